The van der Waals surface area contributed by atoms with Crippen molar-refractivity contribution < 1.29 is 4.74 Å². The first kappa shape index (κ1) is 14.5. The van der Waals surface area contributed by atoms with Crippen molar-refractivity contribution >= 4 is 0 Å². The molecular formula is C17H22N2O. The lowest BCUT2D eigenvalue weighted by molar-refractivity contribution is 0.309. The lowest BCUT2D eigenvalue weighted by atomic mass is 10.1. The van der Waals surface area contributed by atoms with Gasteiger partial charge in [-0.2, -0.15) is 0 Å². The predicted molar refractivity (Wildman–Crippen MR) is 82.1 cm³/mol. The van der Waals surface area contributed by atoms with Crippen LogP contribution in [0.4, 0.5) is 0 Å². The number of rotatable bonds is 6. The molecule has 0 amide bonds. The molecule has 3 heteroatoms. The summed E-state index contributed by atoms with van der Waals surface area (Å²) < 4.78 is 5.90. The van der Waals surface area contributed by atoms with Crippen LogP contribution in [0.1, 0.15) is 22.4 Å². The molecule has 0 fully saturated rings. The second kappa shape index (κ2) is 7.06. The first-order valence-corrected chi connectivity index (χ1v) is 6.98. The number of ether oxygens (including phenoxy) is 1. The van der Waals surface area contributed by atoms with Crippen LogP contribution in [0.15, 0.2) is 36.5 Å². The number of aromatic nitrogens is 1. The Morgan fingerprint density at radius 2 is 1.85 bits per heavy atom. The van der Waals surface area contributed by atoms with Gasteiger partial charge in [-0.1, -0.05) is 18.2 Å². The van der Waals surface area contributed by atoms with Crippen molar-refractivity contribution in [3.63, 3.8) is 0 Å². The van der Waals surface area contributed by atoms with Gasteiger partial charge in [0.15, 0.2) is 0 Å². The Bertz CT molecular complexity index is 552. The van der Waals surface area contributed by atoms with Crippen LogP contribution in [-0.4, -0.2) is 18.1 Å². The minimum Gasteiger partial charge on any atom is -0.492 e. The number of hydrogen-bond donors (Lipinski definition) is 1. The first-order chi connectivity index (χ1) is 9.68. The lowest BCUT2D eigenvalue weighted by Gasteiger charge is -2.14. The van der Waals surface area contributed by atoms with E-state index in [2.05, 4.69) is 43.2 Å². The summed E-state index contributed by atoms with van der Waals surface area (Å²) in [6.45, 7) is 8.56. The van der Waals surface area contributed by atoms with Gasteiger partial charge in [-0.25, -0.2) is 0 Å². The molecule has 0 bridgehead atoms. The van der Waals surface area contributed by atoms with E-state index in [9.17, 15) is 0 Å². The number of benzene rings is 1. The molecule has 0 saturated heterocycles. The van der Waals surface area contributed by atoms with Crippen molar-refractivity contribution in [1.29, 1.82) is 0 Å². The van der Waals surface area contributed by atoms with Gasteiger partial charge in [0.05, 0.1) is 5.69 Å². The molecule has 106 valence electrons. The SMILES string of the molecule is Cc1ccc(C)c(OCCNCc2ccccn2)c1C. The average molecular weight is 270 g/mol. The van der Waals surface area contributed by atoms with Crippen molar-refractivity contribution in [3.05, 3.63) is 58.9 Å². The Kier molecular flexibility index (Phi) is 5.13. The molecule has 0 saturated carbocycles. The molecule has 0 aliphatic heterocycles. The van der Waals surface area contributed by atoms with Gasteiger partial charge in [-0.3, -0.25) is 4.98 Å². The van der Waals surface area contributed by atoms with Gasteiger partial charge in [-0.05, 0) is 49.6 Å². The Morgan fingerprint density at radius 3 is 2.60 bits per heavy atom. The molecule has 0 aliphatic carbocycles. The number of nitrogens with one attached hydrogen (secondary N) is 1. The van der Waals surface area contributed by atoms with Crippen molar-refractivity contribution in [2.24, 2.45) is 0 Å². The van der Waals surface area contributed by atoms with E-state index in [4.69, 9.17) is 4.74 Å². The molecule has 0 spiro atoms. The van der Waals surface area contributed by atoms with Gasteiger partial charge in [0.25, 0.3) is 0 Å². The quantitative estimate of drug-likeness (QED) is 0.819. The van der Waals surface area contributed by atoms with Crippen LogP contribution < -0.4 is 10.1 Å². The number of pyridine rings is 1. The van der Waals surface area contributed by atoms with Gasteiger partial charge in [-0.15, -0.1) is 0 Å². The molecular weight excluding hydrogens is 248 g/mol. The van der Waals surface area contributed by atoms with Gasteiger partial charge in [0.1, 0.15) is 12.4 Å². The Hall–Kier alpha value is -1.87. The average Bonchev–Trinajstić information content (AvgIpc) is 2.47. The van der Waals surface area contributed by atoms with Crippen LogP contribution in [0.25, 0.3) is 0 Å². The maximum atomic E-state index is 5.90. The van der Waals surface area contributed by atoms with Crippen molar-refractivity contribution in [2.45, 2.75) is 27.3 Å². The summed E-state index contributed by atoms with van der Waals surface area (Å²) in [4.78, 5) is 4.27. The van der Waals surface area contributed by atoms with E-state index < -0.39 is 0 Å². The van der Waals surface area contributed by atoms with Crippen LogP contribution in [-0.2, 0) is 6.54 Å². The molecule has 1 aromatic heterocycles. The van der Waals surface area contributed by atoms with E-state index >= 15 is 0 Å². The summed E-state index contributed by atoms with van der Waals surface area (Å²) in [5.41, 5.74) is 4.75. The molecule has 3 nitrogen and oxygen atoms in total. The van der Waals surface area contributed by atoms with Gasteiger partial charge in [0, 0.05) is 19.3 Å². The zero-order chi connectivity index (χ0) is 14.4. The highest BCUT2D eigenvalue weighted by Crippen LogP contribution is 2.25. The summed E-state index contributed by atoms with van der Waals surface area (Å²) in [5.74, 6) is 1.02. The molecule has 0 aliphatic rings. The highest BCUT2D eigenvalue weighted by molar-refractivity contribution is 5.44. The normalized spacial score (nSPS) is 10.6. The molecule has 2 aromatic rings. The molecule has 1 N–H and O–H groups in total. The molecule has 0 radical (unpaired) electrons. The van der Waals surface area contributed by atoms with E-state index in [0.717, 1.165) is 24.5 Å². The number of nitrogens with zero attached hydrogens (tertiary/aromatic N) is 1. The monoisotopic (exact) mass is 270 g/mol. The molecule has 0 unspecified atom stereocenters. The van der Waals surface area contributed by atoms with Gasteiger partial charge >= 0.3 is 0 Å². The zero-order valence-corrected chi connectivity index (χ0v) is 12.4. The Morgan fingerprint density at radius 1 is 1.05 bits per heavy atom. The third kappa shape index (κ3) is 3.81. The molecule has 2 rings (SSSR count). The molecule has 20 heavy (non-hydrogen) atoms. The summed E-state index contributed by atoms with van der Waals surface area (Å²) >= 11 is 0. The van der Waals surface area contributed by atoms with E-state index in [1.165, 1.54) is 16.7 Å². The second-order valence-electron chi connectivity index (χ2n) is 5.00. The fourth-order valence-corrected chi connectivity index (χ4v) is 2.09. The van der Waals surface area contributed by atoms with E-state index in [0.29, 0.717) is 6.61 Å². The van der Waals surface area contributed by atoms with Gasteiger partial charge < -0.3 is 10.1 Å². The fourth-order valence-electron chi connectivity index (χ4n) is 2.09. The maximum absolute atomic E-state index is 5.90. The van der Waals surface area contributed by atoms with Gasteiger partial charge in [0.2, 0.25) is 0 Å². The Labute approximate surface area is 121 Å². The summed E-state index contributed by atoms with van der Waals surface area (Å²) in [7, 11) is 0. The summed E-state index contributed by atoms with van der Waals surface area (Å²) in [6.07, 6.45) is 1.81. The van der Waals surface area contributed by atoms with Crippen LogP contribution in [0, 0.1) is 20.8 Å². The fraction of sp³-hybridized carbons (Fsp3) is 0.353. The molecule has 1 heterocycles. The van der Waals surface area contributed by atoms with Crippen LogP contribution in [0.5, 0.6) is 5.75 Å². The first-order valence-electron chi connectivity index (χ1n) is 6.98. The predicted octanol–water partition coefficient (Wildman–Crippen LogP) is 3.18. The highest BCUT2D eigenvalue weighted by atomic mass is 16.5. The van der Waals surface area contributed by atoms with E-state index in [-0.39, 0.29) is 0 Å². The third-order valence-corrected chi connectivity index (χ3v) is 3.43. The van der Waals surface area contributed by atoms with Crippen LogP contribution >= 0.6 is 0 Å². The summed E-state index contributed by atoms with van der Waals surface area (Å²) in [5, 5.41) is 3.34. The highest BCUT2D eigenvalue weighted by Gasteiger charge is 2.05. The third-order valence-electron chi connectivity index (χ3n) is 3.43. The smallest absolute Gasteiger partial charge is 0.125 e. The standard InChI is InChI=1S/C17H22N2O/c1-13-7-8-14(2)17(15(13)3)20-11-10-18-12-16-6-4-5-9-19-16/h4-9,18H,10-12H2,1-3H3. The van der Waals surface area contributed by atoms with Crippen molar-refractivity contribution in [3.8, 4) is 5.75 Å². The zero-order valence-electron chi connectivity index (χ0n) is 12.4. The van der Waals surface area contributed by atoms with Crippen LogP contribution in [0.3, 0.4) is 0 Å². The van der Waals surface area contributed by atoms with E-state index in [1.54, 1.807) is 0 Å². The Balaban J connectivity index is 1.78. The summed E-state index contributed by atoms with van der Waals surface area (Å²) in [6, 6.07) is 10.2. The van der Waals surface area contributed by atoms with Crippen molar-refractivity contribution in [2.75, 3.05) is 13.2 Å². The van der Waals surface area contributed by atoms with Crippen LogP contribution in [0.2, 0.25) is 0 Å². The lowest BCUT2D eigenvalue weighted by Crippen LogP contribution is -2.21. The largest absolute Gasteiger partial charge is 0.492 e. The second-order valence-corrected chi connectivity index (χ2v) is 5.00. The van der Waals surface area contributed by atoms with Crippen molar-refractivity contribution in [1.82, 2.24) is 10.3 Å². The minimum atomic E-state index is 0.665. The maximum Gasteiger partial charge on any atom is 0.125 e. The molecule has 1 aromatic carbocycles. The minimum absolute atomic E-state index is 0.665. The topological polar surface area (TPSA) is 34.1 Å². The molecule has 0 atom stereocenters. The number of hydrogen-bond acceptors (Lipinski definition) is 3. The van der Waals surface area contributed by atoms with E-state index in [1.807, 2.05) is 24.4 Å². The number of aryl methyl sites for hydroxylation is 2.